The number of nitrogens with two attached hydrogens (primary N) is 2. The van der Waals surface area contributed by atoms with Crippen molar-refractivity contribution in [3.8, 4) is 11.3 Å². The zero-order valence-corrected chi connectivity index (χ0v) is 27.1. The number of hydrogen-bond donors (Lipinski definition) is 3. The number of H-pyrrole nitrogens is 1. The number of aromatic amines is 1. The molecule has 0 radical (unpaired) electrons. The van der Waals surface area contributed by atoms with E-state index in [2.05, 4.69) is 21.9 Å². The Labute approximate surface area is 276 Å². The lowest BCUT2D eigenvalue weighted by atomic mass is 9.87. The fraction of sp³-hybridized carbons (Fsp3) is 0.467. The largest absolute Gasteiger partial charge is 0.435 e. The molecule has 0 bridgehead atoms. The number of carbonyl (C=O) groups is 1. The van der Waals surface area contributed by atoms with Crippen LogP contribution in [0.3, 0.4) is 0 Å². The Morgan fingerprint density at radius 2 is 1.00 bits per heavy atom. The lowest BCUT2D eigenvalue weighted by molar-refractivity contribution is -0.349. The molecule has 282 valence electrons. The van der Waals surface area contributed by atoms with Gasteiger partial charge in [0.15, 0.2) is 5.78 Å². The zero-order valence-electron chi connectivity index (χ0n) is 27.1. The van der Waals surface area contributed by atoms with Crippen molar-refractivity contribution < 1.29 is 66.3 Å². The van der Waals surface area contributed by atoms with Crippen LogP contribution >= 0.6 is 0 Å². The van der Waals surface area contributed by atoms with E-state index < -0.39 is 53.0 Å². The average Bonchev–Trinajstić information content (AvgIpc) is 3.47. The molecule has 0 spiro atoms. The number of aryl methyl sites for hydroxylation is 4. The quantitative estimate of drug-likeness (QED) is 0.0975. The van der Waals surface area contributed by atoms with Gasteiger partial charge in [-0.15, -0.1) is 0 Å². The summed E-state index contributed by atoms with van der Waals surface area (Å²) in [6.45, 7) is 5.34. The first-order valence-corrected chi connectivity index (χ1v) is 13.9. The summed E-state index contributed by atoms with van der Waals surface area (Å²) in [5.74, 6) is 7.57. The molecule has 6 nitrogen and oxygen atoms in total. The summed E-state index contributed by atoms with van der Waals surface area (Å²) in [5.41, 5.74) is -13.3. The molecule has 0 aliphatic heterocycles. The summed E-state index contributed by atoms with van der Waals surface area (Å²) in [4.78, 5) is 13.9. The van der Waals surface area contributed by atoms with Crippen LogP contribution in [0.5, 0.6) is 0 Å². The number of halogens is 14. The summed E-state index contributed by atoms with van der Waals surface area (Å²) in [5, 5.41) is 6.24. The first-order valence-electron chi connectivity index (χ1n) is 13.9. The summed E-state index contributed by atoms with van der Waals surface area (Å²) in [7, 11) is 3.42. The number of carbonyl (C=O) groups excluding carboxylic acids is 1. The number of rotatable bonds is 7. The summed E-state index contributed by atoms with van der Waals surface area (Å²) in [6.07, 6.45) is -23.2. The Bertz CT molecular complexity index is 1520. The number of hydrazine groups is 1. The molecule has 3 rings (SSSR count). The monoisotopic (exact) mass is 745 g/mol. The molecule has 5 N–H and O–H groups in total. The Balaban J connectivity index is 0.000000477. The van der Waals surface area contributed by atoms with Gasteiger partial charge in [0.1, 0.15) is 0 Å². The second-order valence-corrected chi connectivity index (χ2v) is 11.2. The fourth-order valence-electron chi connectivity index (χ4n) is 5.01. The Hall–Kier alpha value is -3.78. The second kappa shape index (κ2) is 15.6. The maximum absolute atomic E-state index is 14.1. The fourth-order valence-corrected chi connectivity index (χ4v) is 5.01. The molecule has 2 aromatic carbocycles. The van der Waals surface area contributed by atoms with Crippen molar-refractivity contribution in [2.45, 2.75) is 70.2 Å². The third-order valence-corrected chi connectivity index (χ3v) is 7.26. The number of aromatic nitrogens is 2. The van der Waals surface area contributed by atoms with Crippen molar-refractivity contribution in [1.29, 1.82) is 0 Å². The van der Waals surface area contributed by atoms with Crippen molar-refractivity contribution in [3.05, 3.63) is 75.5 Å². The minimum absolute atomic E-state index is 0.0114. The van der Waals surface area contributed by atoms with E-state index in [9.17, 15) is 66.3 Å². The molecule has 1 aromatic heterocycles. The third-order valence-electron chi connectivity index (χ3n) is 7.26. The normalized spacial score (nSPS) is 13.0. The molecule has 0 aliphatic carbocycles. The maximum atomic E-state index is 14.1. The van der Waals surface area contributed by atoms with Gasteiger partial charge in [-0.3, -0.25) is 21.6 Å². The first kappa shape index (κ1) is 44.2. The van der Waals surface area contributed by atoms with E-state index in [4.69, 9.17) is 0 Å². The molecule has 1 heterocycles. The van der Waals surface area contributed by atoms with E-state index in [1.54, 1.807) is 19.0 Å². The third kappa shape index (κ3) is 8.92. The highest BCUT2D eigenvalue weighted by Crippen LogP contribution is 2.55. The van der Waals surface area contributed by atoms with Crippen LogP contribution in [0.15, 0.2) is 36.5 Å². The van der Waals surface area contributed by atoms with Crippen LogP contribution in [0.4, 0.5) is 61.5 Å². The molecule has 3 aromatic rings. The van der Waals surface area contributed by atoms with E-state index in [0.717, 1.165) is 0 Å². The van der Waals surface area contributed by atoms with Gasteiger partial charge >= 0.3 is 36.0 Å². The van der Waals surface area contributed by atoms with E-state index in [1.165, 1.54) is 40.0 Å². The van der Waals surface area contributed by atoms with Gasteiger partial charge in [0.2, 0.25) is 0 Å². The molecule has 20 heteroatoms. The number of hydrogen-bond acceptors (Lipinski definition) is 5. The van der Waals surface area contributed by atoms with Crippen LogP contribution in [0.1, 0.15) is 50.2 Å². The second-order valence-electron chi connectivity index (χ2n) is 11.2. The molecule has 0 unspecified atom stereocenters. The number of ketones is 1. The summed E-state index contributed by atoms with van der Waals surface area (Å²) < 4.78 is 182. The average molecular weight is 746 g/mol. The zero-order chi connectivity index (χ0) is 39.4. The van der Waals surface area contributed by atoms with Crippen LogP contribution in [0.25, 0.3) is 11.3 Å². The van der Waals surface area contributed by atoms with Gasteiger partial charge in [0.05, 0.1) is 5.69 Å². The van der Waals surface area contributed by atoms with E-state index in [0.29, 0.717) is 42.1 Å². The minimum Gasteiger partial charge on any atom is -0.309 e. The lowest BCUT2D eigenvalue weighted by Gasteiger charge is -2.31. The maximum Gasteiger partial charge on any atom is 0.435 e. The van der Waals surface area contributed by atoms with Crippen LogP contribution in [-0.2, 0) is 11.3 Å². The van der Waals surface area contributed by atoms with Gasteiger partial charge in [-0.1, -0.05) is 24.3 Å². The smallest absolute Gasteiger partial charge is 0.309 e. The van der Waals surface area contributed by atoms with Crippen molar-refractivity contribution in [2.75, 3.05) is 20.6 Å². The molecule has 0 fully saturated rings. The minimum atomic E-state index is -6.18. The summed E-state index contributed by atoms with van der Waals surface area (Å²) >= 11 is 0. The van der Waals surface area contributed by atoms with Gasteiger partial charge in [0, 0.05) is 41.4 Å². The van der Waals surface area contributed by atoms with E-state index in [1.807, 2.05) is 0 Å². The first-order chi connectivity index (χ1) is 22.5. The van der Waals surface area contributed by atoms with Crippen molar-refractivity contribution in [3.63, 3.8) is 0 Å². The van der Waals surface area contributed by atoms with Crippen LogP contribution in [-0.4, -0.2) is 66.2 Å². The topological polar surface area (TPSA) is 101 Å². The summed E-state index contributed by atoms with van der Waals surface area (Å²) in [6, 6.07) is 3.51. The molecule has 0 saturated carbocycles. The van der Waals surface area contributed by atoms with Crippen molar-refractivity contribution in [1.82, 2.24) is 15.1 Å². The van der Waals surface area contributed by atoms with Gasteiger partial charge in [-0.25, -0.2) is 8.78 Å². The van der Waals surface area contributed by atoms with Crippen LogP contribution in [0, 0.1) is 27.7 Å². The van der Waals surface area contributed by atoms with Crippen LogP contribution < -0.4 is 11.7 Å². The SMILES string of the molecule is Cc1cc(C(F)(C(F)(F)F)C(F)(F)F)cc(C)c1-c1ccn[nH]1.Cc1cc(C(F)(C(F)(F)F)C(F)(F)F)cc(C)c1C(=O)CCN(C)C.NN. The van der Waals surface area contributed by atoms with Gasteiger partial charge in [0.25, 0.3) is 0 Å². The molecule has 50 heavy (non-hydrogen) atoms. The number of alkyl halides is 14. The highest BCUT2D eigenvalue weighted by Gasteiger charge is 2.74. The highest BCUT2D eigenvalue weighted by molar-refractivity contribution is 5.99. The van der Waals surface area contributed by atoms with Gasteiger partial charge in [-0.05, 0) is 70.1 Å². The molecule has 0 atom stereocenters. The number of benzene rings is 2. The number of Topliss-reactive ketones (excluding diaryl/α,β-unsaturated/α-hetero) is 1. The number of nitrogens with one attached hydrogen (secondary N) is 1. The standard InChI is InChI=1S/C16H18F7NO.C14H11F7N2.H4N2/c1-9-7-11(14(17,15(18,19)20)16(21,22)23)8-10(2)13(9)12(25)5-6-24(3)4;1-7-5-9(12(15,13(16,17)18)14(19,20)21)6-8(2)11(7)10-3-4-22-23-10;1-2/h7-8H,5-6H2,1-4H3;3-6H,1-2H3,(H,22,23);1-2H2. The highest BCUT2D eigenvalue weighted by atomic mass is 19.4. The van der Waals surface area contributed by atoms with Gasteiger partial charge in [-0.2, -0.15) is 57.8 Å². The van der Waals surface area contributed by atoms with E-state index >= 15 is 0 Å². The molecule has 0 saturated heterocycles. The Morgan fingerprint density at radius 3 is 1.28 bits per heavy atom. The van der Waals surface area contributed by atoms with E-state index in [-0.39, 0.29) is 34.2 Å². The predicted molar refractivity (Wildman–Crippen MR) is 155 cm³/mol. The Morgan fingerprint density at radius 1 is 0.660 bits per heavy atom. The number of nitrogens with zero attached hydrogens (tertiary/aromatic N) is 2. The van der Waals surface area contributed by atoms with Crippen molar-refractivity contribution >= 4 is 5.78 Å². The lowest BCUT2D eigenvalue weighted by Crippen LogP contribution is -2.50. The molecule has 0 amide bonds. The van der Waals surface area contributed by atoms with Crippen molar-refractivity contribution in [2.24, 2.45) is 11.7 Å². The molecular formula is C30H33F14N5O. The molecular weight excluding hydrogens is 712 g/mol. The Kier molecular flexibility index (Phi) is 13.8. The van der Waals surface area contributed by atoms with Crippen LogP contribution in [0.2, 0.25) is 0 Å². The molecule has 0 aliphatic rings. The predicted octanol–water partition coefficient (Wildman–Crippen LogP) is 8.53. The van der Waals surface area contributed by atoms with Gasteiger partial charge < -0.3 is 4.90 Å².